The minimum atomic E-state index is -0.299. The number of likely N-dealkylation sites (N-methyl/N-ethyl adjacent to an activating group) is 1. The zero-order valence-corrected chi connectivity index (χ0v) is 17.8. The normalized spacial score (nSPS) is 17.4. The lowest BCUT2D eigenvalue weighted by molar-refractivity contribution is 0.0654. The highest BCUT2D eigenvalue weighted by Gasteiger charge is 2.26. The maximum absolute atomic E-state index is 13.4. The third kappa shape index (κ3) is 4.40. The first-order chi connectivity index (χ1) is 14.5. The van der Waals surface area contributed by atoms with Gasteiger partial charge in [-0.2, -0.15) is 0 Å². The average molecular weight is 407 g/mol. The molecular weight excluding hydrogens is 376 g/mol. The highest BCUT2D eigenvalue weighted by molar-refractivity contribution is 5.94. The zero-order valence-electron chi connectivity index (χ0n) is 17.8. The van der Waals surface area contributed by atoms with Gasteiger partial charge in [-0.25, -0.2) is 4.98 Å². The highest BCUT2D eigenvalue weighted by Crippen LogP contribution is 2.21. The van der Waals surface area contributed by atoms with Gasteiger partial charge in [-0.3, -0.25) is 9.69 Å². The number of aryl methyl sites for hydroxylation is 1. The quantitative estimate of drug-likeness (QED) is 0.684. The Labute approximate surface area is 177 Å². The molecule has 1 atom stereocenters. The molecule has 2 aromatic heterocycles. The molecule has 0 saturated carbocycles. The number of pyridine rings is 1. The van der Waals surface area contributed by atoms with Crippen molar-refractivity contribution in [2.45, 2.75) is 38.8 Å². The zero-order chi connectivity index (χ0) is 21.1. The monoisotopic (exact) mass is 406 g/mol. The molecule has 3 aromatic rings. The molecule has 6 heteroatoms. The molecule has 1 saturated heterocycles. The van der Waals surface area contributed by atoms with Crippen LogP contribution in [0.5, 0.6) is 0 Å². The predicted molar refractivity (Wildman–Crippen MR) is 118 cm³/mol. The minimum absolute atomic E-state index is 0.0541. The van der Waals surface area contributed by atoms with Crippen LogP contribution in [0.1, 0.15) is 40.2 Å². The molecule has 1 N–H and O–H groups in total. The molecule has 1 aromatic carbocycles. The molecule has 1 aliphatic rings. The second-order valence-corrected chi connectivity index (χ2v) is 8.29. The maximum atomic E-state index is 13.4. The summed E-state index contributed by atoms with van der Waals surface area (Å²) < 4.78 is 2.04. The molecule has 0 radical (unpaired) electrons. The summed E-state index contributed by atoms with van der Waals surface area (Å²) in [6.07, 6.45) is 4.30. The van der Waals surface area contributed by atoms with Gasteiger partial charge in [-0.15, -0.1) is 0 Å². The van der Waals surface area contributed by atoms with Crippen LogP contribution < -0.4 is 0 Å². The standard InChI is InChI=1S/C24H30N4O2/c1-18-8-6-14-28-21(17-27-13-7-11-20(29)16-27)22(25-23(18)28)24(30)26(2)15-12-19-9-4-3-5-10-19/h3-6,8-10,14,20,29H,7,11-13,15-17H2,1-2H3/t20-/m1/s1. The summed E-state index contributed by atoms with van der Waals surface area (Å²) in [6.45, 7) is 4.82. The van der Waals surface area contributed by atoms with Crippen LogP contribution in [0.25, 0.3) is 5.65 Å². The van der Waals surface area contributed by atoms with E-state index in [0.29, 0.717) is 25.3 Å². The molecule has 0 aliphatic carbocycles. The van der Waals surface area contributed by atoms with E-state index in [4.69, 9.17) is 4.98 Å². The summed E-state index contributed by atoms with van der Waals surface area (Å²) in [5.41, 5.74) is 4.50. The van der Waals surface area contributed by atoms with E-state index in [1.54, 1.807) is 4.90 Å². The van der Waals surface area contributed by atoms with E-state index in [9.17, 15) is 9.90 Å². The second-order valence-electron chi connectivity index (χ2n) is 8.29. The first-order valence-electron chi connectivity index (χ1n) is 10.7. The third-order valence-corrected chi connectivity index (χ3v) is 5.93. The first kappa shape index (κ1) is 20.6. The van der Waals surface area contributed by atoms with Crippen molar-refractivity contribution in [3.8, 4) is 0 Å². The number of hydrogen-bond donors (Lipinski definition) is 1. The van der Waals surface area contributed by atoms with Crippen molar-refractivity contribution in [2.24, 2.45) is 0 Å². The number of aliphatic hydroxyl groups excluding tert-OH is 1. The van der Waals surface area contributed by atoms with Crippen LogP contribution in [0, 0.1) is 6.92 Å². The van der Waals surface area contributed by atoms with Gasteiger partial charge in [0.15, 0.2) is 5.69 Å². The fourth-order valence-electron chi connectivity index (χ4n) is 4.19. The van der Waals surface area contributed by atoms with Gasteiger partial charge in [0.1, 0.15) is 5.65 Å². The van der Waals surface area contributed by atoms with Crippen molar-refractivity contribution < 1.29 is 9.90 Å². The van der Waals surface area contributed by atoms with Gasteiger partial charge >= 0.3 is 0 Å². The topological polar surface area (TPSA) is 61.1 Å². The van der Waals surface area contributed by atoms with E-state index in [-0.39, 0.29) is 12.0 Å². The molecule has 3 heterocycles. The summed E-state index contributed by atoms with van der Waals surface area (Å²) >= 11 is 0. The minimum Gasteiger partial charge on any atom is -0.392 e. The largest absolute Gasteiger partial charge is 0.392 e. The van der Waals surface area contributed by atoms with Crippen LogP contribution in [-0.2, 0) is 13.0 Å². The number of imidazole rings is 1. The fraction of sp³-hybridized carbons (Fsp3) is 0.417. The van der Waals surface area contributed by atoms with Gasteiger partial charge < -0.3 is 14.4 Å². The summed E-state index contributed by atoms with van der Waals surface area (Å²) in [4.78, 5) is 22.1. The van der Waals surface area contributed by atoms with Crippen LogP contribution in [-0.4, -0.2) is 63.0 Å². The Morgan fingerprint density at radius 1 is 1.23 bits per heavy atom. The molecule has 30 heavy (non-hydrogen) atoms. The van der Waals surface area contributed by atoms with Crippen molar-refractivity contribution in [2.75, 3.05) is 26.7 Å². The number of hydrogen-bond acceptors (Lipinski definition) is 4. The van der Waals surface area contributed by atoms with Crippen LogP contribution in [0.3, 0.4) is 0 Å². The number of nitrogens with zero attached hydrogens (tertiary/aromatic N) is 4. The van der Waals surface area contributed by atoms with Crippen molar-refractivity contribution in [3.05, 3.63) is 71.2 Å². The molecule has 1 amide bonds. The number of carbonyl (C=O) groups excluding carboxylic acids is 1. The molecule has 0 bridgehead atoms. The van der Waals surface area contributed by atoms with Gasteiger partial charge in [0.05, 0.1) is 11.8 Å². The van der Waals surface area contributed by atoms with Crippen LogP contribution in [0.4, 0.5) is 0 Å². The number of piperidine rings is 1. The van der Waals surface area contributed by atoms with Gasteiger partial charge in [0.25, 0.3) is 5.91 Å². The summed E-state index contributed by atoms with van der Waals surface area (Å²) in [7, 11) is 1.84. The Bertz CT molecular complexity index is 1010. The van der Waals surface area contributed by atoms with Gasteiger partial charge in [0, 0.05) is 32.9 Å². The smallest absolute Gasteiger partial charge is 0.274 e. The van der Waals surface area contributed by atoms with Gasteiger partial charge in [-0.05, 0) is 49.9 Å². The Kier molecular flexibility index (Phi) is 6.16. The predicted octanol–water partition coefficient (Wildman–Crippen LogP) is 2.91. The van der Waals surface area contributed by atoms with Gasteiger partial charge in [-0.1, -0.05) is 36.4 Å². The number of amides is 1. The number of aromatic nitrogens is 2. The van der Waals surface area contributed by atoms with Crippen LogP contribution in [0.2, 0.25) is 0 Å². The molecule has 6 nitrogen and oxygen atoms in total. The molecule has 1 fully saturated rings. The number of fused-ring (bicyclic) bond motifs is 1. The molecule has 158 valence electrons. The third-order valence-electron chi connectivity index (χ3n) is 5.93. The van der Waals surface area contributed by atoms with E-state index in [2.05, 4.69) is 17.0 Å². The molecular formula is C24H30N4O2. The molecule has 0 spiro atoms. The van der Waals surface area contributed by atoms with E-state index >= 15 is 0 Å². The highest BCUT2D eigenvalue weighted by atomic mass is 16.3. The second kappa shape index (κ2) is 8.98. The Balaban J connectivity index is 1.60. The molecule has 1 aliphatic heterocycles. The van der Waals surface area contributed by atoms with E-state index < -0.39 is 0 Å². The lowest BCUT2D eigenvalue weighted by atomic mass is 10.1. The van der Waals surface area contributed by atoms with Crippen LogP contribution >= 0.6 is 0 Å². The maximum Gasteiger partial charge on any atom is 0.274 e. The SMILES string of the molecule is Cc1cccn2c(CN3CCC[C@@H](O)C3)c(C(=O)N(C)CCc3ccccc3)nc12. The first-order valence-corrected chi connectivity index (χ1v) is 10.7. The fourth-order valence-corrected chi connectivity index (χ4v) is 4.19. The van der Waals surface area contributed by atoms with Crippen molar-refractivity contribution in [3.63, 3.8) is 0 Å². The Morgan fingerprint density at radius 2 is 2.03 bits per heavy atom. The lowest BCUT2D eigenvalue weighted by Crippen LogP contribution is -2.38. The number of β-amino-alcohol motifs (C(OH)–C–C–N with tert-alkyl or cyclic N) is 1. The number of aliphatic hydroxyl groups is 1. The molecule has 4 rings (SSSR count). The summed E-state index contributed by atoms with van der Waals surface area (Å²) in [5.74, 6) is -0.0541. The van der Waals surface area contributed by atoms with Gasteiger partial charge in [0.2, 0.25) is 0 Å². The van der Waals surface area contributed by atoms with E-state index in [1.807, 2.05) is 54.9 Å². The summed E-state index contributed by atoms with van der Waals surface area (Å²) in [6, 6.07) is 14.2. The van der Waals surface area contributed by atoms with Crippen LogP contribution in [0.15, 0.2) is 48.7 Å². The number of rotatable bonds is 6. The number of benzene rings is 1. The Morgan fingerprint density at radius 3 is 2.80 bits per heavy atom. The number of carbonyl (C=O) groups is 1. The summed E-state index contributed by atoms with van der Waals surface area (Å²) in [5, 5.41) is 10.1. The lowest BCUT2D eigenvalue weighted by Gasteiger charge is -2.30. The molecule has 0 unspecified atom stereocenters. The van der Waals surface area contributed by atoms with Crippen molar-refractivity contribution in [1.82, 2.24) is 19.2 Å². The average Bonchev–Trinajstić information content (AvgIpc) is 3.12. The van der Waals surface area contributed by atoms with Crippen molar-refractivity contribution >= 4 is 11.6 Å². The number of likely N-dealkylation sites (tertiary alicyclic amines) is 1. The van der Waals surface area contributed by atoms with Crippen molar-refractivity contribution in [1.29, 1.82) is 0 Å². The van der Waals surface area contributed by atoms with E-state index in [1.165, 1.54) is 5.56 Å². The van der Waals surface area contributed by atoms with E-state index in [0.717, 1.165) is 42.7 Å². The Hall–Kier alpha value is -2.70.